The first-order valence-electron chi connectivity index (χ1n) is 6.65. The summed E-state index contributed by atoms with van der Waals surface area (Å²) in [6.07, 6.45) is 2.41. The number of aliphatic hydroxyl groups is 1. The summed E-state index contributed by atoms with van der Waals surface area (Å²) in [6, 6.07) is 4.23. The van der Waals surface area contributed by atoms with E-state index in [2.05, 4.69) is 5.32 Å². The number of hydrogen-bond acceptors (Lipinski definition) is 4. The molecule has 2 atom stereocenters. The van der Waals surface area contributed by atoms with Gasteiger partial charge in [0.2, 0.25) is 0 Å². The molecule has 0 saturated heterocycles. The van der Waals surface area contributed by atoms with Gasteiger partial charge in [-0.1, -0.05) is 24.4 Å². The van der Waals surface area contributed by atoms with Gasteiger partial charge in [0, 0.05) is 5.02 Å². The quantitative estimate of drug-likeness (QED) is 0.784. The molecule has 1 fully saturated rings. The number of carbonyl (C=O) groups excluding carboxylic acids is 1. The molecule has 1 aromatic rings. The molecule has 6 nitrogen and oxygen atoms in total. The summed E-state index contributed by atoms with van der Waals surface area (Å²) in [5, 5.41) is 12.7. The molecule has 1 saturated carbocycles. The fourth-order valence-corrected chi connectivity index (χ4v) is 3.31. The van der Waals surface area contributed by atoms with Crippen molar-refractivity contribution in [2.45, 2.75) is 42.7 Å². The first-order valence-corrected chi connectivity index (χ1v) is 8.51. The molecule has 0 heterocycles. The number of amides is 2. The zero-order valence-corrected chi connectivity index (χ0v) is 12.8. The number of carbonyl (C=O) groups is 1. The summed E-state index contributed by atoms with van der Waals surface area (Å²) in [5.41, 5.74) is 0. The Balaban J connectivity index is 1.99. The Hall–Kier alpha value is -1.31. The molecule has 21 heavy (non-hydrogen) atoms. The number of aliphatic hydroxyl groups excluding tert-OH is 1. The van der Waals surface area contributed by atoms with Crippen LogP contribution in [0.5, 0.6) is 0 Å². The average molecular weight is 333 g/mol. The highest BCUT2D eigenvalue weighted by atomic mass is 35.5. The molecule has 1 aliphatic rings. The average Bonchev–Trinajstić information content (AvgIpc) is 2.41. The Morgan fingerprint density at radius 3 is 2.43 bits per heavy atom. The molecule has 0 aliphatic heterocycles. The Morgan fingerprint density at radius 2 is 1.81 bits per heavy atom. The van der Waals surface area contributed by atoms with Crippen LogP contribution in [0, 0.1) is 0 Å². The van der Waals surface area contributed by atoms with E-state index in [1.165, 1.54) is 24.3 Å². The minimum Gasteiger partial charge on any atom is -0.391 e. The van der Waals surface area contributed by atoms with Crippen molar-refractivity contribution in [1.82, 2.24) is 10.0 Å². The number of nitrogens with one attached hydrogen (secondary N) is 2. The summed E-state index contributed by atoms with van der Waals surface area (Å²) < 4.78 is 25.9. The molecule has 0 unspecified atom stereocenters. The molecular formula is C13H17ClN2O4S. The van der Waals surface area contributed by atoms with E-state index in [0.29, 0.717) is 17.9 Å². The van der Waals surface area contributed by atoms with Crippen LogP contribution >= 0.6 is 11.6 Å². The molecule has 0 aromatic heterocycles. The summed E-state index contributed by atoms with van der Waals surface area (Å²) >= 11 is 5.69. The first-order chi connectivity index (χ1) is 9.88. The largest absolute Gasteiger partial charge is 0.391 e. The summed E-state index contributed by atoms with van der Waals surface area (Å²) in [6.45, 7) is 0. The predicted octanol–water partition coefficient (Wildman–Crippen LogP) is 1.63. The van der Waals surface area contributed by atoms with E-state index in [-0.39, 0.29) is 4.90 Å². The molecule has 0 bridgehead atoms. The van der Waals surface area contributed by atoms with E-state index >= 15 is 0 Å². The second-order valence-electron chi connectivity index (χ2n) is 4.99. The maximum atomic E-state index is 12.0. The highest BCUT2D eigenvalue weighted by Gasteiger charge is 2.26. The number of urea groups is 1. The number of benzene rings is 1. The lowest BCUT2D eigenvalue weighted by Crippen LogP contribution is -2.50. The molecule has 116 valence electrons. The van der Waals surface area contributed by atoms with Crippen molar-refractivity contribution in [3.8, 4) is 0 Å². The minimum atomic E-state index is -3.95. The maximum Gasteiger partial charge on any atom is 0.329 e. The minimum absolute atomic E-state index is 0.0498. The number of hydrogen-bond donors (Lipinski definition) is 3. The molecule has 1 aliphatic carbocycles. The number of rotatable bonds is 3. The summed E-state index contributed by atoms with van der Waals surface area (Å²) in [7, 11) is -3.95. The van der Waals surface area contributed by atoms with Crippen molar-refractivity contribution in [3.05, 3.63) is 29.3 Å². The van der Waals surface area contributed by atoms with E-state index in [0.717, 1.165) is 12.8 Å². The highest BCUT2D eigenvalue weighted by Crippen LogP contribution is 2.18. The van der Waals surface area contributed by atoms with Crippen molar-refractivity contribution in [2.24, 2.45) is 0 Å². The highest BCUT2D eigenvalue weighted by molar-refractivity contribution is 7.90. The van der Waals surface area contributed by atoms with E-state index < -0.39 is 28.2 Å². The van der Waals surface area contributed by atoms with Gasteiger partial charge in [0.15, 0.2) is 0 Å². The normalized spacial score (nSPS) is 22.6. The van der Waals surface area contributed by atoms with Crippen molar-refractivity contribution >= 4 is 27.7 Å². The van der Waals surface area contributed by atoms with Gasteiger partial charge >= 0.3 is 6.03 Å². The van der Waals surface area contributed by atoms with Crippen LogP contribution in [0.15, 0.2) is 29.2 Å². The zero-order chi connectivity index (χ0) is 15.5. The SMILES string of the molecule is O=C(N[C@@H]1CCCC[C@@H]1O)NS(=O)(=O)c1ccc(Cl)cc1. The topological polar surface area (TPSA) is 95.5 Å². The van der Waals surface area contributed by atoms with E-state index in [9.17, 15) is 18.3 Å². The van der Waals surface area contributed by atoms with Gasteiger partial charge in [0.25, 0.3) is 10.0 Å². The van der Waals surface area contributed by atoms with Gasteiger partial charge in [-0.3, -0.25) is 0 Å². The van der Waals surface area contributed by atoms with Crippen molar-refractivity contribution in [3.63, 3.8) is 0 Å². The monoisotopic (exact) mass is 332 g/mol. The molecule has 0 spiro atoms. The van der Waals surface area contributed by atoms with Crippen LogP contribution in [0.1, 0.15) is 25.7 Å². The molecule has 8 heteroatoms. The number of sulfonamides is 1. The second kappa shape index (κ2) is 6.64. The third kappa shape index (κ3) is 4.33. The van der Waals surface area contributed by atoms with Crippen LogP contribution in [0.3, 0.4) is 0 Å². The van der Waals surface area contributed by atoms with Crippen molar-refractivity contribution in [2.75, 3.05) is 0 Å². The Kier molecular flexibility index (Phi) is 5.08. The third-order valence-corrected chi connectivity index (χ3v) is 5.00. The standard InChI is InChI=1S/C13H17ClN2O4S/c14-9-5-7-10(8-6-9)21(19,20)16-13(18)15-11-3-1-2-4-12(11)17/h5-8,11-12,17H,1-4H2,(H2,15,16,18)/t11-,12+/m1/s1. The van der Waals surface area contributed by atoms with Crippen molar-refractivity contribution < 1.29 is 18.3 Å². The maximum absolute atomic E-state index is 12.0. The van der Waals surface area contributed by atoms with Gasteiger partial charge < -0.3 is 10.4 Å². The van der Waals surface area contributed by atoms with Gasteiger partial charge in [-0.2, -0.15) is 0 Å². The predicted molar refractivity (Wildman–Crippen MR) is 78.6 cm³/mol. The molecule has 1 aromatic carbocycles. The first kappa shape index (κ1) is 16.1. The fraction of sp³-hybridized carbons (Fsp3) is 0.462. The van der Waals surface area contributed by atoms with Gasteiger partial charge in [0.1, 0.15) is 0 Å². The van der Waals surface area contributed by atoms with Gasteiger partial charge in [-0.25, -0.2) is 17.9 Å². The molecule has 0 radical (unpaired) electrons. The van der Waals surface area contributed by atoms with Crippen LogP contribution in [0.25, 0.3) is 0 Å². The Bertz CT molecular complexity index is 603. The molecular weight excluding hydrogens is 316 g/mol. The lowest BCUT2D eigenvalue weighted by Gasteiger charge is -2.28. The second-order valence-corrected chi connectivity index (χ2v) is 7.11. The fourth-order valence-electron chi connectivity index (χ4n) is 2.27. The smallest absolute Gasteiger partial charge is 0.329 e. The summed E-state index contributed by atoms with van der Waals surface area (Å²) in [4.78, 5) is 11.7. The number of halogens is 1. The van der Waals surface area contributed by atoms with Crippen LogP contribution in [-0.2, 0) is 10.0 Å². The van der Waals surface area contributed by atoms with E-state index in [4.69, 9.17) is 11.6 Å². The zero-order valence-electron chi connectivity index (χ0n) is 11.3. The molecule has 2 rings (SSSR count). The third-order valence-electron chi connectivity index (χ3n) is 3.40. The van der Waals surface area contributed by atoms with Gasteiger partial charge in [0.05, 0.1) is 17.0 Å². The lowest BCUT2D eigenvalue weighted by molar-refractivity contribution is 0.0948. The van der Waals surface area contributed by atoms with Crippen LogP contribution in [-0.4, -0.2) is 31.7 Å². The molecule has 2 amide bonds. The van der Waals surface area contributed by atoms with Gasteiger partial charge in [-0.05, 0) is 37.1 Å². The molecule has 3 N–H and O–H groups in total. The Morgan fingerprint density at radius 1 is 1.19 bits per heavy atom. The van der Waals surface area contributed by atoms with E-state index in [1.54, 1.807) is 0 Å². The summed E-state index contributed by atoms with van der Waals surface area (Å²) in [5.74, 6) is 0. The lowest BCUT2D eigenvalue weighted by atomic mass is 9.93. The van der Waals surface area contributed by atoms with Crippen LogP contribution in [0.4, 0.5) is 4.79 Å². The van der Waals surface area contributed by atoms with Crippen molar-refractivity contribution in [1.29, 1.82) is 0 Å². The van der Waals surface area contributed by atoms with Crippen LogP contribution in [0.2, 0.25) is 5.02 Å². The van der Waals surface area contributed by atoms with Gasteiger partial charge in [-0.15, -0.1) is 0 Å². The van der Waals surface area contributed by atoms with E-state index in [1.807, 2.05) is 4.72 Å². The van der Waals surface area contributed by atoms with Crippen LogP contribution < -0.4 is 10.0 Å². The Labute approximate surface area is 128 Å².